The maximum absolute atomic E-state index is 13.5. The van der Waals surface area contributed by atoms with E-state index in [9.17, 15) is 4.79 Å². The van der Waals surface area contributed by atoms with Crippen LogP contribution in [0.3, 0.4) is 0 Å². The molecular weight excluding hydrogens is 396 g/mol. The Morgan fingerprint density at radius 3 is 2.67 bits per heavy atom. The lowest BCUT2D eigenvalue weighted by atomic mass is 10.1. The maximum Gasteiger partial charge on any atom is 0.260 e. The molecule has 0 radical (unpaired) electrons. The number of amides is 1. The smallest absolute Gasteiger partial charge is 0.260 e. The summed E-state index contributed by atoms with van der Waals surface area (Å²) in [6.45, 7) is 5.38. The summed E-state index contributed by atoms with van der Waals surface area (Å²) < 4.78 is 8.34. The van der Waals surface area contributed by atoms with Gasteiger partial charge < -0.3 is 9.30 Å². The van der Waals surface area contributed by atoms with Crippen molar-refractivity contribution in [2.75, 3.05) is 18.6 Å². The first-order valence-corrected chi connectivity index (χ1v) is 10.7. The van der Waals surface area contributed by atoms with Crippen LogP contribution in [0.2, 0.25) is 0 Å². The van der Waals surface area contributed by atoms with Gasteiger partial charge in [0.1, 0.15) is 5.75 Å². The van der Waals surface area contributed by atoms with Gasteiger partial charge in [-0.25, -0.2) is 9.97 Å². The molecule has 0 saturated heterocycles. The molecule has 0 spiro atoms. The summed E-state index contributed by atoms with van der Waals surface area (Å²) >= 11 is 1.51. The van der Waals surface area contributed by atoms with Gasteiger partial charge in [0.15, 0.2) is 5.13 Å². The average Bonchev–Trinajstić information content (AvgIpc) is 3.39. The van der Waals surface area contributed by atoms with E-state index in [0.717, 1.165) is 40.1 Å². The summed E-state index contributed by atoms with van der Waals surface area (Å²) in [5.74, 6) is 0.753. The van der Waals surface area contributed by atoms with Gasteiger partial charge in [-0.1, -0.05) is 28.5 Å². The minimum Gasteiger partial charge on any atom is -0.497 e. The van der Waals surface area contributed by atoms with Gasteiger partial charge >= 0.3 is 0 Å². The monoisotopic (exact) mass is 420 g/mol. The predicted molar refractivity (Wildman–Crippen MR) is 121 cm³/mol. The molecule has 30 heavy (non-hydrogen) atoms. The summed E-state index contributed by atoms with van der Waals surface area (Å²) in [4.78, 5) is 24.1. The minimum absolute atomic E-state index is 0.0292. The fourth-order valence-electron chi connectivity index (χ4n) is 3.50. The number of fused-ring (bicyclic) bond motifs is 1. The van der Waals surface area contributed by atoms with Crippen molar-refractivity contribution in [2.24, 2.45) is 0 Å². The van der Waals surface area contributed by atoms with Crippen molar-refractivity contribution >= 4 is 32.6 Å². The topological polar surface area (TPSA) is 60.2 Å². The summed E-state index contributed by atoms with van der Waals surface area (Å²) in [6.07, 6.45) is 6.28. The van der Waals surface area contributed by atoms with E-state index in [4.69, 9.17) is 9.72 Å². The first-order valence-electron chi connectivity index (χ1n) is 9.84. The molecular formula is C23H24N4O2S. The fourth-order valence-corrected chi connectivity index (χ4v) is 4.52. The van der Waals surface area contributed by atoms with Crippen LogP contribution in [0.4, 0.5) is 5.13 Å². The molecule has 0 bridgehead atoms. The molecule has 2 aromatic carbocycles. The van der Waals surface area contributed by atoms with Crippen LogP contribution < -0.4 is 9.64 Å². The van der Waals surface area contributed by atoms with Crippen LogP contribution in [0.1, 0.15) is 27.9 Å². The number of hydrogen-bond acceptors (Lipinski definition) is 5. The fraction of sp³-hybridized carbons (Fsp3) is 0.261. The highest BCUT2D eigenvalue weighted by Crippen LogP contribution is 2.32. The van der Waals surface area contributed by atoms with Crippen molar-refractivity contribution in [3.8, 4) is 5.75 Å². The van der Waals surface area contributed by atoms with Gasteiger partial charge in [-0.05, 0) is 50.6 Å². The number of imidazole rings is 1. The van der Waals surface area contributed by atoms with Crippen LogP contribution in [0.15, 0.2) is 55.1 Å². The predicted octanol–water partition coefficient (Wildman–Crippen LogP) is 4.86. The zero-order valence-corrected chi connectivity index (χ0v) is 18.1. The first-order chi connectivity index (χ1) is 14.5. The van der Waals surface area contributed by atoms with Crippen molar-refractivity contribution < 1.29 is 9.53 Å². The van der Waals surface area contributed by atoms with Crippen LogP contribution in [-0.2, 0) is 6.54 Å². The molecule has 0 unspecified atom stereocenters. The standard InChI is InChI=1S/C23H24N4O2S/c1-16-11-17(2)13-18(12-16)22(28)27(9-4-8-26-10-7-24-15-26)23-25-20-6-5-19(29-3)14-21(20)30-23/h5-7,10-15H,4,8-9H2,1-3H3. The van der Waals surface area contributed by atoms with E-state index >= 15 is 0 Å². The van der Waals surface area contributed by atoms with Crippen LogP contribution in [0.5, 0.6) is 5.75 Å². The van der Waals surface area contributed by atoms with E-state index < -0.39 is 0 Å². The molecule has 4 rings (SSSR count). The van der Waals surface area contributed by atoms with E-state index in [1.165, 1.54) is 11.3 Å². The Labute approximate surface area is 179 Å². The number of carbonyl (C=O) groups excluding carboxylic acids is 1. The summed E-state index contributed by atoms with van der Waals surface area (Å²) in [6, 6.07) is 11.7. The SMILES string of the molecule is COc1ccc2nc(N(CCCn3ccnc3)C(=O)c3cc(C)cc(C)c3)sc2c1. The Hall–Kier alpha value is -3.19. The lowest BCUT2D eigenvalue weighted by Crippen LogP contribution is -2.32. The zero-order valence-electron chi connectivity index (χ0n) is 17.3. The molecule has 0 aliphatic heterocycles. The number of aryl methyl sites for hydroxylation is 3. The van der Waals surface area contributed by atoms with Crippen molar-refractivity contribution in [3.05, 3.63) is 71.8 Å². The summed E-state index contributed by atoms with van der Waals surface area (Å²) in [5.41, 5.74) is 3.70. The van der Waals surface area contributed by atoms with Crippen LogP contribution in [0.25, 0.3) is 10.2 Å². The molecule has 6 nitrogen and oxygen atoms in total. The molecule has 1 amide bonds. The molecule has 2 heterocycles. The third-order valence-corrected chi connectivity index (χ3v) is 5.93. The highest BCUT2D eigenvalue weighted by molar-refractivity contribution is 7.22. The number of rotatable bonds is 7. The van der Waals surface area contributed by atoms with Gasteiger partial charge in [0, 0.05) is 31.0 Å². The Kier molecular flexibility index (Phi) is 5.81. The summed E-state index contributed by atoms with van der Waals surface area (Å²) in [7, 11) is 1.65. The number of carbonyl (C=O) groups is 1. The normalized spacial score (nSPS) is 11.0. The van der Waals surface area contributed by atoms with Crippen molar-refractivity contribution in [3.63, 3.8) is 0 Å². The van der Waals surface area contributed by atoms with Crippen molar-refractivity contribution in [2.45, 2.75) is 26.8 Å². The Morgan fingerprint density at radius 1 is 1.17 bits per heavy atom. The quantitative estimate of drug-likeness (QED) is 0.429. The van der Waals surface area contributed by atoms with Gasteiger partial charge in [0.2, 0.25) is 0 Å². The number of anilines is 1. The molecule has 0 aliphatic rings. The molecule has 0 aliphatic carbocycles. The Bertz CT molecular complexity index is 1150. The number of ether oxygens (including phenoxy) is 1. The number of methoxy groups -OCH3 is 1. The number of nitrogens with zero attached hydrogens (tertiary/aromatic N) is 4. The van der Waals surface area contributed by atoms with E-state index in [-0.39, 0.29) is 5.91 Å². The molecule has 154 valence electrons. The lowest BCUT2D eigenvalue weighted by Gasteiger charge is -2.20. The number of aromatic nitrogens is 3. The van der Waals surface area contributed by atoms with Crippen LogP contribution in [0, 0.1) is 13.8 Å². The lowest BCUT2D eigenvalue weighted by molar-refractivity contribution is 0.0986. The third-order valence-electron chi connectivity index (χ3n) is 4.89. The third kappa shape index (κ3) is 4.36. The number of hydrogen-bond donors (Lipinski definition) is 0. The van der Waals surface area contributed by atoms with Crippen molar-refractivity contribution in [1.29, 1.82) is 0 Å². The number of thiazole rings is 1. The van der Waals surface area contributed by atoms with Gasteiger partial charge in [-0.15, -0.1) is 0 Å². The Balaban J connectivity index is 1.66. The van der Waals surface area contributed by atoms with Gasteiger partial charge in [0.05, 0.1) is 23.7 Å². The minimum atomic E-state index is -0.0292. The highest BCUT2D eigenvalue weighted by atomic mass is 32.1. The second-order valence-electron chi connectivity index (χ2n) is 7.32. The van der Waals surface area contributed by atoms with Gasteiger partial charge in [0.25, 0.3) is 5.91 Å². The Morgan fingerprint density at radius 2 is 1.97 bits per heavy atom. The van der Waals surface area contributed by atoms with Crippen LogP contribution in [-0.4, -0.2) is 34.1 Å². The largest absolute Gasteiger partial charge is 0.497 e. The molecule has 0 fully saturated rings. The molecule has 2 aromatic heterocycles. The highest BCUT2D eigenvalue weighted by Gasteiger charge is 2.22. The molecule has 0 atom stereocenters. The second-order valence-corrected chi connectivity index (χ2v) is 8.33. The van der Waals surface area contributed by atoms with E-state index in [1.807, 2.05) is 54.9 Å². The zero-order chi connectivity index (χ0) is 21.1. The molecule has 4 aromatic rings. The second kappa shape index (κ2) is 8.67. The molecule has 0 saturated carbocycles. The van der Waals surface area contributed by atoms with E-state index in [2.05, 4.69) is 11.1 Å². The van der Waals surface area contributed by atoms with E-state index in [0.29, 0.717) is 17.2 Å². The van der Waals surface area contributed by atoms with Crippen LogP contribution >= 0.6 is 11.3 Å². The summed E-state index contributed by atoms with van der Waals surface area (Å²) in [5, 5.41) is 0.702. The van der Waals surface area contributed by atoms with Crippen molar-refractivity contribution in [1.82, 2.24) is 14.5 Å². The molecule has 0 N–H and O–H groups in total. The molecule has 7 heteroatoms. The van der Waals surface area contributed by atoms with Gasteiger partial charge in [-0.3, -0.25) is 9.69 Å². The number of benzene rings is 2. The van der Waals surface area contributed by atoms with Gasteiger partial charge in [-0.2, -0.15) is 0 Å². The van der Waals surface area contributed by atoms with E-state index in [1.54, 1.807) is 24.5 Å². The first kappa shape index (κ1) is 20.1. The average molecular weight is 421 g/mol. The maximum atomic E-state index is 13.5.